The molecule has 3 N–H and O–H groups in total. The maximum Gasteiger partial charge on any atom is 0.362 e. The average Bonchev–Trinajstić information content (AvgIpc) is 2.85. The van der Waals surface area contributed by atoms with Gasteiger partial charge in [0.25, 0.3) is 0 Å². The Balaban J connectivity index is 0.000000371. The monoisotopic (exact) mass is 591 g/mol. The van der Waals surface area contributed by atoms with Crippen LogP contribution in [0.3, 0.4) is 0 Å². The number of oxime groups is 1. The first-order valence-electron chi connectivity index (χ1n) is 10.2. The van der Waals surface area contributed by atoms with Crippen molar-refractivity contribution in [3.8, 4) is 0 Å². The summed E-state index contributed by atoms with van der Waals surface area (Å²) in [7, 11) is 0. The van der Waals surface area contributed by atoms with E-state index in [1.54, 1.807) is 32.0 Å². The summed E-state index contributed by atoms with van der Waals surface area (Å²) in [6, 6.07) is 9.32. The predicted octanol–water partition coefficient (Wildman–Crippen LogP) is 6.82. The quantitative estimate of drug-likeness (QED) is 0.0548. The zero-order valence-corrected chi connectivity index (χ0v) is 22.4. The Morgan fingerprint density at radius 3 is 2.08 bits per heavy atom. The summed E-state index contributed by atoms with van der Waals surface area (Å²) >= 11 is 23.2. The molecular weight excluding hydrogens is 572 g/mol. The number of hydrazone groups is 1. The number of carbonyl (C=O) groups is 2. The van der Waals surface area contributed by atoms with E-state index in [1.165, 1.54) is 18.2 Å². The van der Waals surface area contributed by atoms with E-state index >= 15 is 0 Å². The van der Waals surface area contributed by atoms with Crippen molar-refractivity contribution in [3.63, 3.8) is 0 Å². The number of hydrogen-bond acceptors (Lipinski definition) is 11. The van der Waals surface area contributed by atoms with Crippen LogP contribution in [-0.4, -0.2) is 47.4 Å². The predicted molar refractivity (Wildman–Crippen MR) is 143 cm³/mol. The molecule has 11 nitrogen and oxygen atoms in total. The number of aliphatic hydroxyl groups excluding tert-OH is 1. The van der Waals surface area contributed by atoms with Gasteiger partial charge in [0.15, 0.2) is 5.71 Å². The molecule has 0 aliphatic carbocycles. The Morgan fingerprint density at radius 1 is 0.946 bits per heavy atom. The van der Waals surface area contributed by atoms with Crippen LogP contribution in [0.5, 0.6) is 0 Å². The van der Waals surface area contributed by atoms with Gasteiger partial charge >= 0.3 is 11.9 Å². The van der Waals surface area contributed by atoms with Crippen LogP contribution in [0, 0.1) is 0 Å². The Morgan fingerprint density at radius 2 is 1.54 bits per heavy atom. The third kappa shape index (κ3) is 11.5. The number of nitrogens with zero attached hydrogens (tertiary/aromatic N) is 4. The number of aliphatic hydroxyl groups is 1. The topological polar surface area (TPSA) is 155 Å². The van der Waals surface area contributed by atoms with Gasteiger partial charge in [-0.1, -0.05) is 51.6 Å². The van der Waals surface area contributed by atoms with Crippen LogP contribution in [0.2, 0.25) is 20.1 Å². The second kappa shape index (κ2) is 17.1. The van der Waals surface area contributed by atoms with Gasteiger partial charge in [0.2, 0.25) is 5.70 Å². The highest BCUT2D eigenvalue weighted by Gasteiger charge is 2.12. The lowest BCUT2D eigenvalue weighted by Crippen LogP contribution is -2.20. The van der Waals surface area contributed by atoms with Crippen LogP contribution in [0.1, 0.15) is 13.8 Å². The van der Waals surface area contributed by atoms with Gasteiger partial charge in [-0.2, -0.15) is 5.10 Å². The number of ether oxygens (including phenoxy) is 2. The molecule has 0 heterocycles. The maximum absolute atomic E-state index is 11.4. The first-order chi connectivity index (χ1) is 17.7. The highest BCUT2D eigenvalue weighted by Crippen LogP contribution is 2.28. The Kier molecular flexibility index (Phi) is 14.7. The largest absolute Gasteiger partial charge is 0.513 e. The summed E-state index contributed by atoms with van der Waals surface area (Å²) in [5, 5.41) is 32.6. The van der Waals surface area contributed by atoms with Crippen LogP contribution in [0.15, 0.2) is 68.8 Å². The number of hydrogen-bond donors (Lipinski definition) is 3. The molecule has 0 aliphatic heterocycles. The normalized spacial score (nSPS) is 11.7. The third-order valence-electron chi connectivity index (χ3n) is 3.67. The smallest absolute Gasteiger partial charge is 0.362 e. The highest BCUT2D eigenvalue weighted by molar-refractivity contribution is 6.59. The van der Waals surface area contributed by atoms with Crippen molar-refractivity contribution in [2.45, 2.75) is 13.8 Å². The first-order valence-corrected chi connectivity index (χ1v) is 11.7. The van der Waals surface area contributed by atoms with E-state index in [0.717, 1.165) is 6.21 Å². The molecule has 15 heteroatoms. The van der Waals surface area contributed by atoms with Crippen molar-refractivity contribution in [2.75, 3.05) is 18.6 Å². The molecule has 2 aromatic rings. The molecule has 0 saturated heterocycles. The molecule has 37 heavy (non-hydrogen) atoms. The summed E-state index contributed by atoms with van der Waals surface area (Å²) in [4.78, 5) is 22.7. The minimum atomic E-state index is -0.770. The second-order valence-corrected chi connectivity index (χ2v) is 7.92. The second-order valence-electron chi connectivity index (χ2n) is 6.23. The molecule has 0 saturated carbocycles. The minimum Gasteiger partial charge on any atom is -0.513 e. The third-order valence-corrected chi connectivity index (χ3v) is 4.76. The van der Waals surface area contributed by atoms with Crippen molar-refractivity contribution in [3.05, 3.63) is 68.4 Å². The Labute approximate surface area is 232 Å². The SMILES string of the molecule is CCOC(=O)C(/C=N/O)=N/Nc1ccc(Cl)cc1Cl.CCOC(=O)C(=CO)N=Nc1ccc(Cl)cc1Cl. The molecule has 198 valence electrons. The van der Waals surface area contributed by atoms with E-state index < -0.39 is 11.9 Å². The van der Waals surface area contributed by atoms with Gasteiger partial charge in [0, 0.05) is 10.0 Å². The summed E-state index contributed by atoms with van der Waals surface area (Å²) in [5.74, 6) is -1.49. The van der Waals surface area contributed by atoms with Crippen LogP contribution < -0.4 is 5.43 Å². The zero-order valence-electron chi connectivity index (χ0n) is 19.4. The van der Waals surface area contributed by atoms with Crippen molar-refractivity contribution < 1.29 is 29.4 Å². The van der Waals surface area contributed by atoms with Gasteiger partial charge in [0.05, 0.1) is 28.9 Å². The molecule has 0 bridgehead atoms. The summed E-state index contributed by atoms with van der Waals surface area (Å²) < 4.78 is 9.39. The van der Waals surface area contributed by atoms with Crippen LogP contribution >= 0.6 is 46.4 Å². The zero-order chi connectivity index (χ0) is 27.8. The summed E-state index contributed by atoms with van der Waals surface area (Å²) in [5.41, 5.74) is 2.81. The molecule has 0 fully saturated rings. The molecular formula is C22H21Cl4N5O6. The molecule has 0 radical (unpaired) electrons. The number of rotatable bonds is 9. The molecule has 0 amide bonds. The molecule has 2 aromatic carbocycles. The fraction of sp³-hybridized carbons (Fsp3) is 0.182. The first kappa shape index (κ1) is 31.6. The number of carbonyl (C=O) groups excluding carboxylic acids is 2. The lowest BCUT2D eigenvalue weighted by atomic mass is 10.3. The number of nitrogens with one attached hydrogen (secondary N) is 1. The van der Waals surface area contributed by atoms with Crippen molar-refractivity contribution in [1.82, 2.24) is 0 Å². The molecule has 0 unspecified atom stereocenters. The number of esters is 2. The van der Waals surface area contributed by atoms with Gasteiger partial charge in [-0.15, -0.1) is 10.2 Å². The Bertz CT molecular complexity index is 1200. The summed E-state index contributed by atoms with van der Waals surface area (Å²) in [6.07, 6.45) is 1.38. The van der Waals surface area contributed by atoms with E-state index in [2.05, 4.69) is 30.6 Å². The van der Waals surface area contributed by atoms with Gasteiger partial charge < -0.3 is 19.8 Å². The molecule has 2 rings (SSSR count). The van der Waals surface area contributed by atoms with E-state index in [1.807, 2.05) is 0 Å². The van der Waals surface area contributed by atoms with Gasteiger partial charge in [-0.3, -0.25) is 5.43 Å². The van der Waals surface area contributed by atoms with Crippen molar-refractivity contribution in [2.24, 2.45) is 20.5 Å². The molecule has 0 spiro atoms. The van der Waals surface area contributed by atoms with E-state index in [0.29, 0.717) is 32.7 Å². The van der Waals surface area contributed by atoms with Gasteiger partial charge in [-0.05, 0) is 50.2 Å². The standard InChI is InChI=1S/C11H11Cl2N3O3.C11H10Cl2N2O3/c1-2-19-11(17)10(6-14-18)16-15-9-4-3-7(12)5-8(9)13;1-2-18-11(17)10(6-16)15-14-9-4-3-7(12)5-8(9)13/h3-6,15,18H,2H2,1H3;3-6,16H,2H2,1H3/b14-6+,16-10+;. The molecule has 0 aliphatic rings. The van der Waals surface area contributed by atoms with E-state index in [-0.39, 0.29) is 29.6 Å². The fourth-order valence-electron chi connectivity index (χ4n) is 2.08. The van der Waals surface area contributed by atoms with Gasteiger partial charge in [0.1, 0.15) is 18.2 Å². The summed E-state index contributed by atoms with van der Waals surface area (Å²) in [6.45, 7) is 3.64. The Hall–Kier alpha value is -3.38. The number of anilines is 1. The average molecular weight is 593 g/mol. The number of azo groups is 1. The van der Waals surface area contributed by atoms with Crippen molar-refractivity contribution >= 4 is 81.6 Å². The van der Waals surface area contributed by atoms with Crippen LogP contribution in [0.25, 0.3) is 0 Å². The number of halogens is 4. The van der Waals surface area contributed by atoms with Crippen LogP contribution in [-0.2, 0) is 19.1 Å². The van der Waals surface area contributed by atoms with E-state index in [9.17, 15) is 9.59 Å². The lowest BCUT2D eigenvalue weighted by molar-refractivity contribution is -0.138. The number of benzene rings is 2. The highest BCUT2D eigenvalue weighted by atomic mass is 35.5. The van der Waals surface area contributed by atoms with Gasteiger partial charge in [-0.25, -0.2) is 9.59 Å². The van der Waals surface area contributed by atoms with E-state index in [4.69, 9.17) is 61.5 Å². The lowest BCUT2D eigenvalue weighted by Gasteiger charge is -2.05. The molecule has 0 atom stereocenters. The van der Waals surface area contributed by atoms with Crippen LogP contribution in [0.4, 0.5) is 11.4 Å². The van der Waals surface area contributed by atoms with Crippen molar-refractivity contribution in [1.29, 1.82) is 0 Å². The minimum absolute atomic E-state index is 0.174. The fourth-order valence-corrected chi connectivity index (χ4v) is 2.98. The molecule has 0 aromatic heterocycles. The maximum atomic E-state index is 11.4.